The van der Waals surface area contributed by atoms with Crippen LogP contribution in [0.2, 0.25) is 0 Å². The Balaban J connectivity index is 1.82. The molecule has 0 fully saturated rings. The number of ether oxygens (including phenoxy) is 1. The predicted octanol–water partition coefficient (Wildman–Crippen LogP) is 4.28. The van der Waals surface area contributed by atoms with Crippen molar-refractivity contribution < 1.29 is 13.5 Å². The highest BCUT2D eigenvalue weighted by molar-refractivity contribution is 5.26. The molecular weight excluding hydrogens is 246 g/mol. The van der Waals surface area contributed by atoms with Crippen molar-refractivity contribution >= 4 is 0 Å². The van der Waals surface area contributed by atoms with E-state index in [9.17, 15) is 8.78 Å². The van der Waals surface area contributed by atoms with Gasteiger partial charge in [-0.25, -0.2) is 8.78 Å². The monoisotopic (exact) mass is 262 g/mol. The highest BCUT2D eigenvalue weighted by atomic mass is 19.1. The molecule has 0 saturated heterocycles. The number of para-hydroxylation sites is 1. The fourth-order valence-corrected chi connectivity index (χ4v) is 1.83. The van der Waals surface area contributed by atoms with Gasteiger partial charge in [-0.05, 0) is 37.5 Å². The van der Waals surface area contributed by atoms with E-state index >= 15 is 0 Å². The number of rotatable bonds is 5. The summed E-state index contributed by atoms with van der Waals surface area (Å²) in [4.78, 5) is 0. The van der Waals surface area contributed by atoms with Crippen LogP contribution in [0.15, 0.2) is 42.5 Å². The third-order valence-corrected chi connectivity index (χ3v) is 2.90. The summed E-state index contributed by atoms with van der Waals surface area (Å²) < 4.78 is 31.7. The molecule has 0 aliphatic heterocycles. The fraction of sp³-hybridized carbons (Fsp3) is 0.250. The maximum absolute atomic E-state index is 13.3. The van der Waals surface area contributed by atoms with E-state index in [2.05, 4.69) is 12.1 Å². The number of benzene rings is 2. The van der Waals surface area contributed by atoms with Gasteiger partial charge in [-0.2, -0.15) is 0 Å². The topological polar surface area (TPSA) is 9.23 Å². The Hall–Kier alpha value is -1.90. The molecule has 0 heterocycles. The Morgan fingerprint density at radius 1 is 0.947 bits per heavy atom. The fourth-order valence-electron chi connectivity index (χ4n) is 1.83. The van der Waals surface area contributed by atoms with Crippen molar-refractivity contribution in [2.75, 3.05) is 6.61 Å². The molecule has 0 N–H and O–H groups in total. The molecule has 0 unspecified atom stereocenters. The van der Waals surface area contributed by atoms with Gasteiger partial charge >= 0.3 is 0 Å². The highest BCUT2D eigenvalue weighted by Crippen LogP contribution is 2.21. The minimum atomic E-state index is -0.657. The van der Waals surface area contributed by atoms with Crippen molar-refractivity contribution in [3.05, 3.63) is 65.2 Å². The van der Waals surface area contributed by atoms with Crippen molar-refractivity contribution in [2.45, 2.75) is 19.8 Å². The van der Waals surface area contributed by atoms with E-state index in [1.54, 1.807) is 0 Å². The quantitative estimate of drug-likeness (QED) is 0.730. The SMILES string of the molecule is Cc1ccc(CCCOc2c(F)cccc2F)cc1. The van der Waals surface area contributed by atoms with Gasteiger partial charge in [-0.1, -0.05) is 35.9 Å². The molecular formula is C16H16F2O. The van der Waals surface area contributed by atoms with Crippen LogP contribution in [0.1, 0.15) is 17.5 Å². The lowest BCUT2D eigenvalue weighted by Gasteiger charge is -2.08. The minimum absolute atomic E-state index is 0.286. The largest absolute Gasteiger partial charge is 0.488 e. The second-order valence-electron chi connectivity index (χ2n) is 4.49. The first-order chi connectivity index (χ1) is 9.16. The highest BCUT2D eigenvalue weighted by Gasteiger charge is 2.08. The molecule has 0 aromatic heterocycles. The van der Waals surface area contributed by atoms with Crippen LogP contribution >= 0.6 is 0 Å². The smallest absolute Gasteiger partial charge is 0.190 e. The summed E-state index contributed by atoms with van der Waals surface area (Å²) >= 11 is 0. The Labute approximate surface area is 111 Å². The van der Waals surface area contributed by atoms with Crippen LogP contribution in [0.3, 0.4) is 0 Å². The predicted molar refractivity (Wildman–Crippen MR) is 71.4 cm³/mol. The van der Waals surface area contributed by atoms with E-state index in [1.165, 1.54) is 29.3 Å². The van der Waals surface area contributed by atoms with Gasteiger partial charge in [0.05, 0.1) is 6.61 Å². The van der Waals surface area contributed by atoms with Gasteiger partial charge in [0.2, 0.25) is 0 Å². The summed E-state index contributed by atoms with van der Waals surface area (Å²) in [5.74, 6) is -1.60. The van der Waals surface area contributed by atoms with Crippen molar-refractivity contribution in [3.8, 4) is 5.75 Å². The number of hydrogen-bond donors (Lipinski definition) is 0. The first-order valence-electron chi connectivity index (χ1n) is 6.29. The first-order valence-corrected chi connectivity index (χ1v) is 6.29. The zero-order chi connectivity index (χ0) is 13.7. The zero-order valence-electron chi connectivity index (χ0n) is 10.8. The molecule has 0 saturated carbocycles. The van der Waals surface area contributed by atoms with Crippen LogP contribution in [0.25, 0.3) is 0 Å². The van der Waals surface area contributed by atoms with E-state index in [0.29, 0.717) is 6.61 Å². The van der Waals surface area contributed by atoms with Crippen LogP contribution in [-0.2, 0) is 6.42 Å². The van der Waals surface area contributed by atoms with Crippen LogP contribution in [0.5, 0.6) is 5.75 Å². The third-order valence-electron chi connectivity index (χ3n) is 2.90. The third kappa shape index (κ3) is 3.78. The van der Waals surface area contributed by atoms with Crippen LogP contribution in [-0.4, -0.2) is 6.61 Å². The van der Waals surface area contributed by atoms with E-state index < -0.39 is 11.6 Å². The molecule has 0 atom stereocenters. The molecule has 0 amide bonds. The molecule has 1 nitrogen and oxygen atoms in total. The Morgan fingerprint density at radius 2 is 1.58 bits per heavy atom. The van der Waals surface area contributed by atoms with E-state index in [0.717, 1.165) is 12.8 Å². The average Bonchev–Trinajstić information content (AvgIpc) is 2.39. The Kier molecular flexibility index (Phi) is 4.50. The van der Waals surface area contributed by atoms with Crippen molar-refractivity contribution in [1.29, 1.82) is 0 Å². The van der Waals surface area contributed by atoms with E-state index in [1.807, 2.05) is 19.1 Å². The standard InChI is InChI=1S/C16H16F2O/c1-12-7-9-13(10-8-12)4-3-11-19-16-14(17)5-2-6-15(16)18/h2,5-10H,3-4,11H2,1H3. The van der Waals surface area contributed by atoms with Crippen LogP contribution < -0.4 is 4.74 Å². The van der Waals surface area contributed by atoms with Gasteiger partial charge in [0, 0.05) is 0 Å². The summed E-state index contributed by atoms with van der Waals surface area (Å²) in [7, 11) is 0. The Morgan fingerprint density at radius 3 is 2.21 bits per heavy atom. The van der Waals surface area contributed by atoms with Crippen LogP contribution in [0, 0.1) is 18.6 Å². The summed E-state index contributed by atoms with van der Waals surface area (Å²) in [5.41, 5.74) is 2.41. The van der Waals surface area contributed by atoms with Crippen molar-refractivity contribution in [2.24, 2.45) is 0 Å². The molecule has 0 aliphatic carbocycles. The zero-order valence-corrected chi connectivity index (χ0v) is 10.8. The summed E-state index contributed by atoms with van der Waals surface area (Å²) in [6, 6.07) is 11.9. The van der Waals surface area contributed by atoms with Gasteiger partial charge in [-0.3, -0.25) is 0 Å². The van der Waals surface area contributed by atoms with Gasteiger partial charge in [0.15, 0.2) is 17.4 Å². The second kappa shape index (κ2) is 6.32. The van der Waals surface area contributed by atoms with E-state index in [4.69, 9.17) is 4.74 Å². The van der Waals surface area contributed by atoms with E-state index in [-0.39, 0.29) is 5.75 Å². The van der Waals surface area contributed by atoms with Crippen LogP contribution in [0.4, 0.5) is 8.78 Å². The average molecular weight is 262 g/mol. The molecule has 0 bridgehead atoms. The lowest BCUT2D eigenvalue weighted by Crippen LogP contribution is -2.02. The molecule has 0 radical (unpaired) electrons. The second-order valence-corrected chi connectivity index (χ2v) is 4.49. The molecule has 2 aromatic carbocycles. The molecule has 2 aromatic rings. The molecule has 2 rings (SSSR count). The summed E-state index contributed by atoms with van der Waals surface area (Å²) in [6.07, 6.45) is 1.55. The van der Waals surface area contributed by atoms with Crippen molar-refractivity contribution in [1.82, 2.24) is 0 Å². The lowest BCUT2D eigenvalue weighted by atomic mass is 10.1. The molecule has 3 heteroatoms. The summed E-state index contributed by atoms with van der Waals surface area (Å²) in [6.45, 7) is 2.33. The first kappa shape index (κ1) is 13.5. The van der Waals surface area contributed by atoms with Crippen molar-refractivity contribution in [3.63, 3.8) is 0 Å². The normalized spacial score (nSPS) is 10.5. The number of halogens is 2. The van der Waals surface area contributed by atoms with Gasteiger partial charge in [0.25, 0.3) is 0 Å². The Bertz CT molecular complexity index is 515. The maximum atomic E-state index is 13.3. The molecule has 100 valence electrons. The number of hydrogen-bond acceptors (Lipinski definition) is 1. The van der Waals surface area contributed by atoms with Gasteiger partial charge in [0.1, 0.15) is 0 Å². The molecule has 0 aliphatic rings. The van der Waals surface area contributed by atoms with Gasteiger partial charge in [-0.15, -0.1) is 0 Å². The summed E-state index contributed by atoms with van der Waals surface area (Å²) in [5, 5.41) is 0. The molecule has 19 heavy (non-hydrogen) atoms. The lowest BCUT2D eigenvalue weighted by molar-refractivity contribution is 0.280. The minimum Gasteiger partial charge on any atom is -0.488 e. The maximum Gasteiger partial charge on any atom is 0.190 e. The number of aryl methyl sites for hydroxylation is 2. The van der Waals surface area contributed by atoms with Gasteiger partial charge < -0.3 is 4.74 Å². The molecule has 0 spiro atoms.